The Labute approximate surface area is 122 Å². The van der Waals surface area contributed by atoms with Gasteiger partial charge >= 0.3 is 23.9 Å². The Morgan fingerprint density at radius 1 is 1.45 bits per heavy atom. The molecule has 5 nitrogen and oxygen atoms in total. The summed E-state index contributed by atoms with van der Waals surface area (Å²) in [5.74, 6) is -10.8. The van der Waals surface area contributed by atoms with E-state index in [0.717, 1.165) is 6.92 Å². The average molecular weight is 334 g/mol. The number of ether oxygens (including phenoxy) is 2. The van der Waals surface area contributed by atoms with Crippen LogP contribution in [-0.4, -0.2) is 53.4 Å². The van der Waals surface area contributed by atoms with Crippen molar-refractivity contribution in [1.82, 2.24) is 0 Å². The lowest BCUT2D eigenvalue weighted by Gasteiger charge is -2.49. The molecule has 22 heavy (non-hydrogen) atoms. The Bertz CT molecular complexity index is 477. The molecule has 0 aromatic carbocycles. The van der Waals surface area contributed by atoms with Crippen LogP contribution in [0, 0.1) is 5.41 Å². The molecule has 1 heterocycles. The molecule has 1 fully saturated rings. The molecule has 2 N–H and O–H groups in total. The van der Waals surface area contributed by atoms with E-state index in [1.807, 2.05) is 0 Å². The normalized spacial score (nSPS) is 35.0. The molecule has 1 saturated heterocycles. The number of alkyl halides is 5. The van der Waals surface area contributed by atoms with E-state index in [1.165, 1.54) is 6.92 Å². The number of hydrogen-bond acceptors (Lipinski definition) is 5. The summed E-state index contributed by atoms with van der Waals surface area (Å²) in [6.07, 6.45) is -8.79. The van der Waals surface area contributed by atoms with Crippen LogP contribution in [0.5, 0.6) is 0 Å². The smallest absolute Gasteiger partial charge is 0.449 e. The summed E-state index contributed by atoms with van der Waals surface area (Å²) in [6.45, 7) is 3.50. The van der Waals surface area contributed by atoms with Crippen LogP contribution >= 0.6 is 0 Å². The molecule has 1 rings (SSSR count). The highest BCUT2D eigenvalue weighted by atomic mass is 19.4. The molecule has 1 aliphatic rings. The number of esters is 1. The van der Waals surface area contributed by atoms with Gasteiger partial charge in [-0.05, 0) is 6.92 Å². The Morgan fingerprint density at radius 2 is 1.95 bits per heavy atom. The summed E-state index contributed by atoms with van der Waals surface area (Å²) in [5.41, 5.74) is -2.11. The Morgan fingerprint density at radius 3 is 2.36 bits per heavy atom. The van der Waals surface area contributed by atoms with Gasteiger partial charge in [-0.1, -0.05) is 13.5 Å². The second-order valence-corrected chi connectivity index (χ2v) is 5.47. The van der Waals surface area contributed by atoms with Gasteiger partial charge in [-0.15, -0.1) is 0 Å². The molecule has 1 aliphatic heterocycles. The number of carbonyl (C=O) groups is 1. The molecule has 10 heteroatoms. The maximum absolute atomic E-state index is 13.8. The van der Waals surface area contributed by atoms with Crippen molar-refractivity contribution >= 4 is 5.97 Å². The van der Waals surface area contributed by atoms with Crippen molar-refractivity contribution in [3.63, 3.8) is 0 Å². The number of aliphatic hydroxyl groups is 2. The standard InChI is InChI=1S/C12H15F5O5/c1-6(2)7(18)21-4-9(3)5-22-11(20,12(15,16)17)10(13,14)8(9)19/h8,19-20H,1,4-5H2,2-3H3. The fourth-order valence-corrected chi connectivity index (χ4v) is 1.81. The molecule has 128 valence electrons. The van der Waals surface area contributed by atoms with Crippen LogP contribution in [0.2, 0.25) is 0 Å². The van der Waals surface area contributed by atoms with E-state index in [0.29, 0.717) is 0 Å². The van der Waals surface area contributed by atoms with E-state index in [2.05, 4.69) is 16.1 Å². The van der Waals surface area contributed by atoms with Crippen molar-refractivity contribution in [2.75, 3.05) is 13.2 Å². The van der Waals surface area contributed by atoms with E-state index in [9.17, 15) is 31.9 Å². The van der Waals surface area contributed by atoms with Gasteiger partial charge in [0, 0.05) is 5.57 Å². The first-order chi connectivity index (χ1) is 9.69. The van der Waals surface area contributed by atoms with Crippen LogP contribution in [-0.2, 0) is 14.3 Å². The van der Waals surface area contributed by atoms with Crippen LogP contribution in [0.15, 0.2) is 12.2 Å². The molecule has 0 bridgehead atoms. The highest BCUT2D eigenvalue weighted by Gasteiger charge is 2.78. The summed E-state index contributed by atoms with van der Waals surface area (Å²) in [5, 5.41) is 18.7. The van der Waals surface area contributed by atoms with Crippen molar-refractivity contribution in [3.8, 4) is 0 Å². The molecule has 0 aliphatic carbocycles. The first kappa shape index (κ1) is 18.8. The van der Waals surface area contributed by atoms with Crippen LogP contribution in [0.3, 0.4) is 0 Å². The number of carbonyl (C=O) groups excluding carboxylic acids is 1. The van der Waals surface area contributed by atoms with E-state index < -0.39 is 48.6 Å². The molecule has 0 radical (unpaired) electrons. The second-order valence-electron chi connectivity index (χ2n) is 5.47. The lowest BCUT2D eigenvalue weighted by molar-refractivity contribution is -0.472. The Balaban J connectivity index is 3.02. The zero-order chi connectivity index (χ0) is 17.6. The zero-order valence-electron chi connectivity index (χ0n) is 11.7. The van der Waals surface area contributed by atoms with Crippen molar-refractivity contribution in [2.24, 2.45) is 5.41 Å². The molecule has 0 aromatic rings. The van der Waals surface area contributed by atoms with E-state index in [-0.39, 0.29) is 5.57 Å². The first-order valence-electron chi connectivity index (χ1n) is 6.00. The van der Waals surface area contributed by atoms with Crippen molar-refractivity contribution in [1.29, 1.82) is 0 Å². The molecule has 0 amide bonds. The number of aliphatic hydroxyl groups excluding tert-OH is 1. The highest BCUT2D eigenvalue weighted by molar-refractivity contribution is 5.86. The van der Waals surface area contributed by atoms with Gasteiger partial charge in [0.2, 0.25) is 0 Å². The van der Waals surface area contributed by atoms with E-state index >= 15 is 0 Å². The minimum Gasteiger partial charge on any atom is -0.462 e. The maximum Gasteiger partial charge on any atom is 0.449 e. The van der Waals surface area contributed by atoms with Gasteiger partial charge in [0.25, 0.3) is 0 Å². The molecule has 3 unspecified atom stereocenters. The summed E-state index contributed by atoms with van der Waals surface area (Å²) in [6, 6.07) is 0. The zero-order valence-corrected chi connectivity index (χ0v) is 11.7. The van der Waals surface area contributed by atoms with Gasteiger partial charge in [-0.2, -0.15) is 22.0 Å². The van der Waals surface area contributed by atoms with Gasteiger partial charge in [0.1, 0.15) is 12.7 Å². The summed E-state index contributed by atoms with van der Waals surface area (Å²) in [7, 11) is 0. The average Bonchev–Trinajstić information content (AvgIpc) is 2.38. The van der Waals surface area contributed by atoms with Gasteiger partial charge < -0.3 is 19.7 Å². The fraction of sp³-hybridized carbons (Fsp3) is 0.750. The van der Waals surface area contributed by atoms with Crippen molar-refractivity contribution in [3.05, 3.63) is 12.2 Å². The van der Waals surface area contributed by atoms with Crippen molar-refractivity contribution in [2.45, 2.75) is 37.8 Å². The lowest BCUT2D eigenvalue weighted by Crippen LogP contribution is -2.73. The minimum absolute atomic E-state index is 0.0617. The summed E-state index contributed by atoms with van der Waals surface area (Å²) >= 11 is 0. The fourth-order valence-electron chi connectivity index (χ4n) is 1.81. The Kier molecular flexibility index (Phi) is 4.63. The SMILES string of the molecule is C=C(C)C(=O)OCC1(C)COC(O)(C(F)(F)F)C(F)(F)C1O. The largest absolute Gasteiger partial charge is 0.462 e. The maximum atomic E-state index is 13.8. The second kappa shape index (κ2) is 5.43. The van der Waals surface area contributed by atoms with E-state index in [1.54, 1.807) is 0 Å². The van der Waals surface area contributed by atoms with Gasteiger partial charge in [-0.25, -0.2) is 4.79 Å². The lowest BCUT2D eigenvalue weighted by atomic mass is 9.77. The quantitative estimate of drug-likeness (QED) is 0.463. The Hall–Kier alpha value is -1.26. The predicted octanol–water partition coefficient (Wildman–Crippen LogP) is 1.39. The number of rotatable bonds is 3. The third-order valence-electron chi connectivity index (χ3n) is 3.33. The first-order valence-corrected chi connectivity index (χ1v) is 6.00. The monoisotopic (exact) mass is 334 g/mol. The van der Waals surface area contributed by atoms with Crippen LogP contribution < -0.4 is 0 Å². The molecule has 0 saturated carbocycles. The molecule has 0 aromatic heterocycles. The highest BCUT2D eigenvalue weighted by Crippen LogP contribution is 2.52. The molecular weight excluding hydrogens is 319 g/mol. The summed E-state index contributed by atoms with van der Waals surface area (Å²) in [4.78, 5) is 11.2. The molecule has 3 atom stereocenters. The van der Waals surface area contributed by atoms with Gasteiger partial charge in [0.15, 0.2) is 0 Å². The van der Waals surface area contributed by atoms with E-state index in [4.69, 9.17) is 5.11 Å². The van der Waals surface area contributed by atoms with Gasteiger partial charge in [0.05, 0.1) is 12.0 Å². The minimum atomic E-state index is -5.83. The number of hydrogen-bond donors (Lipinski definition) is 2. The topological polar surface area (TPSA) is 76.0 Å². The predicted molar refractivity (Wildman–Crippen MR) is 61.8 cm³/mol. The third-order valence-corrected chi connectivity index (χ3v) is 3.33. The van der Waals surface area contributed by atoms with Gasteiger partial charge in [-0.3, -0.25) is 0 Å². The third kappa shape index (κ3) is 2.82. The summed E-state index contributed by atoms with van der Waals surface area (Å²) < 4.78 is 74.0. The van der Waals surface area contributed by atoms with Crippen LogP contribution in [0.4, 0.5) is 22.0 Å². The van der Waals surface area contributed by atoms with Crippen molar-refractivity contribution < 1.29 is 46.4 Å². The molecule has 0 spiro atoms. The molecular formula is C12H15F5O5. The van der Waals surface area contributed by atoms with Crippen LogP contribution in [0.25, 0.3) is 0 Å². The van der Waals surface area contributed by atoms with Crippen LogP contribution in [0.1, 0.15) is 13.8 Å². The number of halogens is 5.